The van der Waals surface area contributed by atoms with Crippen LogP contribution in [0, 0.1) is 24.1 Å². The number of carbonyl (C=O) groups excluding carboxylic acids is 2. The van der Waals surface area contributed by atoms with Crippen molar-refractivity contribution in [3.05, 3.63) is 53.8 Å². The van der Waals surface area contributed by atoms with Gasteiger partial charge in [-0.15, -0.1) is 0 Å². The van der Waals surface area contributed by atoms with E-state index in [4.69, 9.17) is 0 Å². The highest BCUT2D eigenvalue weighted by atomic mass is 32.2. The van der Waals surface area contributed by atoms with Crippen molar-refractivity contribution in [2.24, 2.45) is 11.3 Å². The quantitative estimate of drug-likeness (QED) is 0.679. The van der Waals surface area contributed by atoms with Gasteiger partial charge >= 0.3 is 0 Å². The minimum absolute atomic E-state index is 0.0234. The third-order valence-corrected chi connectivity index (χ3v) is 7.16. The Balaban J connectivity index is 1.68. The Bertz CT molecular complexity index is 1130. The molecule has 2 amide bonds. The zero-order chi connectivity index (χ0) is 24.4. The van der Waals surface area contributed by atoms with Gasteiger partial charge in [-0.25, -0.2) is 12.8 Å². The van der Waals surface area contributed by atoms with Crippen LogP contribution in [-0.4, -0.2) is 38.2 Å². The molecule has 2 aromatic carbocycles. The number of hydrogen-bond donors (Lipinski definition) is 2. The fraction of sp³-hybridized carbons (Fsp3) is 0.417. The Morgan fingerprint density at radius 1 is 1.00 bits per heavy atom. The number of nitrogens with zero attached hydrogens (tertiary/aromatic N) is 1. The van der Waals surface area contributed by atoms with E-state index in [1.165, 1.54) is 30.3 Å². The van der Waals surface area contributed by atoms with Crippen LogP contribution in [0.25, 0.3) is 0 Å². The van der Waals surface area contributed by atoms with Crippen LogP contribution in [0.1, 0.15) is 39.2 Å². The van der Waals surface area contributed by atoms with Gasteiger partial charge in [0.1, 0.15) is 5.82 Å². The van der Waals surface area contributed by atoms with Crippen molar-refractivity contribution in [2.75, 3.05) is 23.1 Å². The monoisotopic (exact) mass is 475 g/mol. The van der Waals surface area contributed by atoms with Crippen molar-refractivity contribution in [2.45, 2.75) is 45.4 Å². The second kappa shape index (κ2) is 9.51. The Morgan fingerprint density at radius 2 is 1.58 bits per heavy atom. The van der Waals surface area contributed by atoms with Crippen molar-refractivity contribution in [1.29, 1.82) is 0 Å². The molecule has 1 aliphatic rings. The predicted octanol–water partition coefficient (Wildman–Crippen LogP) is 4.16. The molecule has 0 aliphatic carbocycles. The Hall–Kier alpha value is -2.94. The second-order valence-corrected chi connectivity index (χ2v) is 11.0. The lowest BCUT2D eigenvalue weighted by molar-refractivity contribution is -0.142. The number of rotatable bonds is 5. The molecule has 1 fully saturated rings. The molecule has 178 valence electrons. The number of carbonyl (C=O) groups is 2. The topological polar surface area (TPSA) is 95.6 Å². The van der Waals surface area contributed by atoms with Gasteiger partial charge in [0.2, 0.25) is 11.8 Å². The van der Waals surface area contributed by atoms with E-state index < -0.39 is 21.3 Å². The molecule has 2 N–H and O–H groups in total. The third-order valence-electron chi connectivity index (χ3n) is 5.64. The first-order valence-corrected chi connectivity index (χ1v) is 12.3. The molecule has 3 rings (SSSR count). The lowest BCUT2D eigenvalue weighted by Gasteiger charge is -2.35. The molecule has 1 saturated heterocycles. The SMILES string of the molecule is Cc1ccc(NC(=O)C2CCN(C(=O)C(C)(C)C)CC2)cc1S(=O)(=O)Nc1ccc(F)cc1. The summed E-state index contributed by atoms with van der Waals surface area (Å²) in [5.74, 6) is -0.847. The summed E-state index contributed by atoms with van der Waals surface area (Å²) in [5, 5.41) is 2.81. The van der Waals surface area contributed by atoms with Crippen LogP contribution in [0.2, 0.25) is 0 Å². The number of piperidine rings is 1. The molecule has 2 aromatic rings. The molecule has 0 bridgehead atoms. The van der Waals surface area contributed by atoms with Gasteiger partial charge in [-0.1, -0.05) is 26.8 Å². The molecule has 0 spiro atoms. The first kappa shape index (κ1) is 24.7. The van der Waals surface area contributed by atoms with Gasteiger partial charge in [-0.2, -0.15) is 0 Å². The van der Waals surface area contributed by atoms with E-state index in [0.29, 0.717) is 37.2 Å². The number of anilines is 2. The number of likely N-dealkylation sites (tertiary alicyclic amines) is 1. The Morgan fingerprint density at radius 3 is 2.15 bits per heavy atom. The maximum absolute atomic E-state index is 13.1. The number of halogens is 1. The standard InChI is InChI=1S/C24H30FN3O4S/c1-16-5-8-20(15-21(16)33(31,32)27-19-9-6-18(25)7-10-19)26-22(29)17-11-13-28(14-12-17)23(30)24(2,3)4/h5-10,15,17,27H,11-14H2,1-4H3,(H,26,29). The molecule has 33 heavy (non-hydrogen) atoms. The first-order valence-electron chi connectivity index (χ1n) is 10.9. The van der Waals surface area contributed by atoms with Crippen LogP contribution in [0.15, 0.2) is 47.4 Å². The fourth-order valence-electron chi connectivity index (χ4n) is 3.76. The summed E-state index contributed by atoms with van der Waals surface area (Å²) in [6.07, 6.45) is 1.10. The summed E-state index contributed by atoms with van der Waals surface area (Å²) in [4.78, 5) is 27.1. The number of sulfonamides is 1. The van der Waals surface area contributed by atoms with Crippen molar-refractivity contribution in [3.63, 3.8) is 0 Å². The summed E-state index contributed by atoms with van der Waals surface area (Å²) in [6, 6.07) is 9.71. The van der Waals surface area contributed by atoms with Crippen molar-refractivity contribution < 1.29 is 22.4 Å². The van der Waals surface area contributed by atoms with E-state index in [0.717, 1.165) is 0 Å². The number of aryl methyl sites for hydroxylation is 1. The molecule has 7 nitrogen and oxygen atoms in total. The fourth-order valence-corrected chi connectivity index (χ4v) is 5.09. The molecule has 0 unspecified atom stereocenters. The largest absolute Gasteiger partial charge is 0.342 e. The minimum Gasteiger partial charge on any atom is -0.342 e. The molecule has 0 radical (unpaired) electrons. The molecular formula is C24H30FN3O4S. The molecule has 1 heterocycles. The Kier molecular flexibility index (Phi) is 7.11. The molecule has 9 heteroatoms. The van der Waals surface area contributed by atoms with E-state index >= 15 is 0 Å². The number of amides is 2. The normalized spacial score (nSPS) is 15.2. The van der Waals surface area contributed by atoms with Crippen LogP contribution < -0.4 is 10.0 Å². The lowest BCUT2D eigenvalue weighted by atomic mass is 9.90. The second-order valence-electron chi connectivity index (χ2n) is 9.40. The number of benzene rings is 2. The van der Waals surface area contributed by atoms with Gasteiger partial charge in [-0.05, 0) is 61.7 Å². The molecule has 0 aromatic heterocycles. The van der Waals surface area contributed by atoms with Crippen LogP contribution >= 0.6 is 0 Å². The predicted molar refractivity (Wildman–Crippen MR) is 126 cm³/mol. The highest BCUT2D eigenvalue weighted by Crippen LogP contribution is 2.26. The van der Waals surface area contributed by atoms with Gasteiger partial charge < -0.3 is 10.2 Å². The van der Waals surface area contributed by atoms with Gasteiger partial charge in [0.25, 0.3) is 10.0 Å². The van der Waals surface area contributed by atoms with Gasteiger partial charge in [-0.3, -0.25) is 14.3 Å². The first-order chi connectivity index (χ1) is 15.4. The molecule has 0 saturated carbocycles. The van der Waals surface area contributed by atoms with E-state index in [1.807, 2.05) is 20.8 Å². The van der Waals surface area contributed by atoms with E-state index in [-0.39, 0.29) is 28.3 Å². The summed E-state index contributed by atoms with van der Waals surface area (Å²) in [7, 11) is -3.94. The van der Waals surface area contributed by atoms with E-state index in [1.54, 1.807) is 24.0 Å². The highest BCUT2D eigenvalue weighted by molar-refractivity contribution is 7.92. The van der Waals surface area contributed by atoms with Crippen LogP contribution in [0.3, 0.4) is 0 Å². The van der Waals surface area contributed by atoms with Crippen molar-refractivity contribution in [1.82, 2.24) is 4.90 Å². The van der Waals surface area contributed by atoms with Gasteiger partial charge in [0.05, 0.1) is 4.90 Å². The summed E-state index contributed by atoms with van der Waals surface area (Å²) >= 11 is 0. The van der Waals surface area contributed by atoms with Crippen molar-refractivity contribution in [3.8, 4) is 0 Å². The molecule has 1 aliphatic heterocycles. The minimum atomic E-state index is -3.94. The van der Waals surface area contributed by atoms with E-state index in [9.17, 15) is 22.4 Å². The average molecular weight is 476 g/mol. The summed E-state index contributed by atoms with van der Waals surface area (Å²) < 4.78 is 41.3. The number of hydrogen-bond acceptors (Lipinski definition) is 4. The lowest BCUT2D eigenvalue weighted by Crippen LogP contribution is -2.45. The van der Waals surface area contributed by atoms with Gasteiger partial charge in [0, 0.05) is 35.8 Å². The number of nitrogens with one attached hydrogen (secondary N) is 2. The van der Waals surface area contributed by atoms with Gasteiger partial charge in [0.15, 0.2) is 0 Å². The molecular weight excluding hydrogens is 445 g/mol. The van der Waals surface area contributed by atoms with Crippen LogP contribution in [0.5, 0.6) is 0 Å². The highest BCUT2D eigenvalue weighted by Gasteiger charge is 2.32. The van der Waals surface area contributed by atoms with Crippen LogP contribution in [-0.2, 0) is 19.6 Å². The average Bonchev–Trinajstić information content (AvgIpc) is 2.75. The third kappa shape index (κ3) is 6.10. The van der Waals surface area contributed by atoms with Crippen LogP contribution in [0.4, 0.5) is 15.8 Å². The summed E-state index contributed by atoms with van der Waals surface area (Å²) in [5.41, 5.74) is 0.664. The Labute approximate surface area is 194 Å². The maximum Gasteiger partial charge on any atom is 0.262 e. The zero-order valence-corrected chi connectivity index (χ0v) is 20.1. The molecule has 0 atom stereocenters. The van der Waals surface area contributed by atoms with E-state index in [2.05, 4.69) is 10.0 Å². The van der Waals surface area contributed by atoms with Crippen molar-refractivity contribution >= 4 is 33.2 Å². The zero-order valence-electron chi connectivity index (χ0n) is 19.3. The smallest absolute Gasteiger partial charge is 0.262 e. The maximum atomic E-state index is 13.1. The summed E-state index contributed by atoms with van der Waals surface area (Å²) in [6.45, 7) is 8.33.